The van der Waals surface area contributed by atoms with E-state index < -0.39 is 0 Å². The largest absolute Gasteiger partial charge is 0.508 e. The molecule has 0 aliphatic heterocycles. The third kappa shape index (κ3) is 2.17. The minimum atomic E-state index is 0.256. The molecule has 0 amide bonds. The first-order valence-electron chi connectivity index (χ1n) is 8.72. The Morgan fingerprint density at radius 1 is 0.731 bits per heavy atom. The number of aromatic amines is 1. The number of hydrogen-bond acceptors (Lipinski definition) is 2. The van der Waals surface area contributed by atoms with Gasteiger partial charge < -0.3 is 10.1 Å². The van der Waals surface area contributed by atoms with Gasteiger partial charge in [0.25, 0.3) is 0 Å². The quantitative estimate of drug-likeness (QED) is 0.376. The molecular weight excluding hydrogens is 320 g/mol. The van der Waals surface area contributed by atoms with Crippen LogP contribution in [0.1, 0.15) is 11.1 Å². The number of aryl methyl sites for hydroxylation is 2. The lowest BCUT2D eigenvalue weighted by molar-refractivity contribution is 0.475. The second-order valence-electron chi connectivity index (χ2n) is 6.95. The van der Waals surface area contributed by atoms with Gasteiger partial charge in [0.15, 0.2) is 0 Å². The molecule has 0 radical (unpaired) electrons. The first kappa shape index (κ1) is 15.0. The highest BCUT2D eigenvalue weighted by molar-refractivity contribution is 6.23. The summed E-state index contributed by atoms with van der Waals surface area (Å²) >= 11 is 0. The van der Waals surface area contributed by atoms with Crippen molar-refractivity contribution < 1.29 is 5.11 Å². The van der Waals surface area contributed by atoms with Gasteiger partial charge in [-0.1, -0.05) is 35.4 Å². The van der Waals surface area contributed by atoms with Crippen LogP contribution in [-0.4, -0.2) is 15.1 Å². The maximum Gasteiger partial charge on any atom is 0.138 e. The van der Waals surface area contributed by atoms with Crippen molar-refractivity contribution in [3.8, 4) is 17.1 Å². The van der Waals surface area contributed by atoms with Crippen LogP contribution in [0, 0.1) is 13.8 Å². The van der Waals surface area contributed by atoms with Crippen LogP contribution in [-0.2, 0) is 0 Å². The second-order valence-corrected chi connectivity index (χ2v) is 6.95. The number of aromatic hydroxyl groups is 1. The number of H-pyrrole nitrogens is 1. The molecule has 5 rings (SSSR count). The smallest absolute Gasteiger partial charge is 0.138 e. The second kappa shape index (κ2) is 5.33. The van der Waals surface area contributed by atoms with E-state index in [1.54, 1.807) is 12.1 Å². The van der Waals surface area contributed by atoms with Crippen LogP contribution >= 0.6 is 0 Å². The summed E-state index contributed by atoms with van der Waals surface area (Å²) in [7, 11) is 0. The fraction of sp³-hybridized carbons (Fsp3) is 0.0870. The molecule has 1 heterocycles. The van der Waals surface area contributed by atoms with E-state index >= 15 is 0 Å². The molecule has 0 fully saturated rings. The average Bonchev–Trinajstić information content (AvgIpc) is 3.08. The number of imidazole rings is 1. The van der Waals surface area contributed by atoms with Crippen molar-refractivity contribution in [1.82, 2.24) is 9.97 Å². The highest BCUT2D eigenvalue weighted by Gasteiger charge is 2.14. The van der Waals surface area contributed by atoms with Crippen molar-refractivity contribution in [3.05, 3.63) is 71.8 Å². The average molecular weight is 338 g/mol. The number of rotatable bonds is 1. The Bertz CT molecular complexity index is 1220. The molecule has 0 saturated heterocycles. The summed E-state index contributed by atoms with van der Waals surface area (Å²) in [6, 6.07) is 20.3. The number of nitrogens with one attached hydrogen (secondary N) is 1. The summed E-state index contributed by atoms with van der Waals surface area (Å²) in [6.45, 7) is 4.22. The van der Waals surface area contributed by atoms with E-state index in [0.29, 0.717) is 0 Å². The van der Waals surface area contributed by atoms with Gasteiger partial charge in [-0.05, 0) is 61.0 Å². The lowest BCUT2D eigenvalue weighted by Gasteiger charge is -2.08. The number of hydrogen-bond donors (Lipinski definition) is 2. The minimum Gasteiger partial charge on any atom is -0.508 e. The Balaban J connectivity index is 1.95. The predicted octanol–water partition coefficient (Wildman–Crippen LogP) is 5.86. The molecule has 3 nitrogen and oxygen atoms in total. The molecule has 126 valence electrons. The molecule has 0 aliphatic rings. The van der Waals surface area contributed by atoms with E-state index in [1.807, 2.05) is 12.1 Å². The topological polar surface area (TPSA) is 48.9 Å². The molecule has 26 heavy (non-hydrogen) atoms. The van der Waals surface area contributed by atoms with Crippen LogP contribution in [0.25, 0.3) is 44.0 Å². The number of benzene rings is 4. The Morgan fingerprint density at radius 2 is 1.35 bits per heavy atom. The van der Waals surface area contributed by atoms with Crippen LogP contribution in [0.2, 0.25) is 0 Å². The van der Waals surface area contributed by atoms with Gasteiger partial charge in [-0.3, -0.25) is 0 Å². The van der Waals surface area contributed by atoms with Crippen LogP contribution in [0.5, 0.6) is 5.75 Å². The van der Waals surface area contributed by atoms with Gasteiger partial charge in [0.1, 0.15) is 11.6 Å². The van der Waals surface area contributed by atoms with E-state index in [-0.39, 0.29) is 5.75 Å². The molecule has 5 aromatic rings. The molecule has 4 aromatic carbocycles. The van der Waals surface area contributed by atoms with Crippen LogP contribution in [0.15, 0.2) is 60.7 Å². The molecule has 0 atom stereocenters. The van der Waals surface area contributed by atoms with E-state index in [1.165, 1.54) is 27.3 Å². The van der Waals surface area contributed by atoms with Crippen molar-refractivity contribution in [2.75, 3.05) is 0 Å². The van der Waals surface area contributed by atoms with Crippen LogP contribution in [0.3, 0.4) is 0 Å². The lowest BCUT2D eigenvalue weighted by Crippen LogP contribution is -1.84. The zero-order valence-corrected chi connectivity index (χ0v) is 14.7. The molecule has 2 N–H and O–H groups in total. The summed E-state index contributed by atoms with van der Waals surface area (Å²) < 4.78 is 0. The van der Waals surface area contributed by atoms with Gasteiger partial charge in [0, 0.05) is 16.3 Å². The molecule has 3 heteroatoms. The molecule has 0 unspecified atom stereocenters. The van der Waals surface area contributed by atoms with Gasteiger partial charge in [-0.25, -0.2) is 4.98 Å². The minimum absolute atomic E-state index is 0.256. The Kier molecular flexibility index (Phi) is 3.07. The summed E-state index contributed by atoms with van der Waals surface area (Å²) in [4.78, 5) is 8.44. The highest BCUT2D eigenvalue weighted by atomic mass is 16.3. The van der Waals surface area contributed by atoms with Crippen molar-refractivity contribution in [1.29, 1.82) is 0 Å². The Labute approximate surface area is 150 Å². The fourth-order valence-electron chi connectivity index (χ4n) is 3.71. The van der Waals surface area contributed by atoms with Gasteiger partial charge in [-0.2, -0.15) is 0 Å². The van der Waals surface area contributed by atoms with Crippen LogP contribution < -0.4 is 0 Å². The predicted molar refractivity (Wildman–Crippen MR) is 108 cm³/mol. The molecule has 0 saturated carbocycles. The van der Waals surface area contributed by atoms with Gasteiger partial charge in [0.05, 0.1) is 11.0 Å². The molecular formula is C23H18N2O. The zero-order chi connectivity index (χ0) is 17.8. The summed E-state index contributed by atoms with van der Waals surface area (Å²) in [5.74, 6) is 1.07. The molecule has 0 aliphatic carbocycles. The van der Waals surface area contributed by atoms with Crippen molar-refractivity contribution in [3.63, 3.8) is 0 Å². The lowest BCUT2D eigenvalue weighted by atomic mass is 9.97. The first-order valence-corrected chi connectivity index (χ1v) is 8.72. The number of aromatic nitrogens is 2. The summed E-state index contributed by atoms with van der Waals surface area (Å²) in [6.07, 6.45) is 0. The summed E-state index contributed by atoms with van der Waals surface area (Å²) in [5.41, 5.74) is 5.46. The normalized spacial score (nSPS) is 11.6. The molecule has 0 bridgehead atoms. The van der Waals surface area contributed by atoms with Gasteiger partial charge >= 0.3 is 0 Å². The first-order chi connectivity index (χ1) is 12.6. The Morgan fingerprint density at radius 3 is 2.04 bits per heavy atom. The molecule has 1 aromatic heterocycles. The third-order valence-corrected chi connectivity index (χ3v) is 5.01. The monoisotopic (exact) mass is 338 g/mol. The van der Waals surface area contributed by atoms with E-state index in [2.05, 4.69) is 55.2 Å². The van der Waals surface area contributed by atoms with Gasteiger partial charge in [0.2, 0.25) is 0 Å². The summed E-state index contributed by atoms with van der Waals surface area (Å²) in [5, 5.41) is 14.4. The van der Waals surface area contributed by atoms with E-state index in [0.717, 1.165) is 27.8 Å². The number of fused-ring (bicyclic) bond motifs is 6. The molecule has 0 spiro atoms. The standard InChI is InChI=1S/C23H18N2O/c1-13-3-9-17-18-10-4-14(2)12-20(18)22-21(19(17)11-13)24-23(25-22)15-5-7-16(26)8-6-15/h3-12,26H,1-2H3,(H,24,25). The third-order valence-electron chi connectivity index (χ3n) is 5.01. The van der Waals surface area contributed by atoms with Crippen molar-refractivity contribution in [2.24, 2.45) is 0 Å². The van der Waals surface area contributed by atoms with Crippen molar-refractivity contribution >= 4 is 32.6 Å². The van der Waals surface area contributed by atoms with Crippen LogP contribution in [0.4, 0.5) is 0 Å². The SMILES string of the molecule is Cc1ccc2c3ccc(C)cc3c3[nH]c(-c4ccc(O)cc4)nc3c2c1. The zero-order valence-electron chi connectivity index (χ0n) is 14.7. The van der Waals surface area contributed by atoms with E-state index in [9.17, 15) is 5.11 Å². The van der Waals surface area contributed by atoms with Gasteiger partial charge in [-0.15, -0.1) is 0 Å². The van der Waals surface area contributed by atoms with Crippen molar-refractivity contribution in [2.45, 2.75) is 13.8 Å². The maximum absolute atomic E-state index is 9.56. The fourth-order valence-corrected chi connectivity index (χ4v) is 3.71. The number of phenolic OH excluding ortho intramolecular Hbond substituents is 1. The Hall–Kier alpha value is -3.33. The van der Waals surface area contributed by atoms with E-state index in [4.69, 9.17) is 4.98 Å². The number of phenols is 1. The maximum atomic E-state index is 9.56. The highest BCUT2D eigenvalue weighted by Crippen LogP contribution is 2.36. The number of nitrogens with zero attached hydrogens (tertiary/aromatic N) is 1.